The number of aromatic nitrogens is 2. The molecule has 0 saturated heterocycles. The number of hydrogen-bond donors (Lipinski definition) is 1. The van der Waals surface area contributed by atoms with Gasteiger partial charge < -0.3 is 15.5 Å². The van der Waals surface area contributed by atoms with Crippen molar-refractivity contribution in [3.8, 4) is 0 Å². The third kappa shape index (κ3) is 3.56. The Morgan fingerprint density at radius 3 is 2.37 bits per heavy atom. The monoisotopic (exact) mass is 263 g/mol. The summed E-state index contributed by atoms with van der Waals surface area (Å²) in [7, 11) is 4.14. The summed E-state index contributed by atoms with van der Waals surface area (Å²) in [6, 6.07) is 2.06. The maximum absolute atomic E-state index is 5.60. The zero-order valence-electron chi connectivity index (χ0n) is 12.3. The Morgan fingerprint density at radius 2 is 1.84 bits per heavy atom. The van der Waals surface area contributed by atoms with Gasteiger partial charge in [-0.15, -0.1) is 0 Å². The normalized spacial score (nSPS) is 15.2. The van der Waals surface area contributed by atoms with Gasteiger partial charge in [-0.1, -0.05) is 6.42 Å². The molecule has 5 nitrogen and oxygen atoms in total. The third-order valence-electron chi connectivity index (χ3n) is 3.81. The molecule has 1 fully saturated rings. The second kappa shape index (κ2) is 6.19. The molecule has 0 aromatic carbocycles. The Hall–Kier alpha value is -1.36. The van der Waals surface area contributed by atoms with E-state index in [9.17, 15) is 0 Å². The summed E-state index contributed by atoms with van der Waals surface area (Å²) in [5.74, 6) is 3.62. The summed E-state index contributed by atoms with van der Waals surface area (Å²) >= 11 is 0. The molecule has 0 spiro atoms. The smallest absolute Gasteiger partial charge is 0.134 e. The van der Waals surface area contributed by atoms with E-state index in [1.165, 1.54) is 19.3 Å². The number of nitrogens with two attached hydrogens (primary N) is 1. The molecule has 0 radical (unpaired) electrons. The second-order valence-electron chi connectivity index (χ2n) is 5.52. The van der Waals surface area contributed by atoms with Gasteiger partial charge in [0.05, 0.1) is 0 Å². The lowest BCUT2D eigenvalue weighted by molar-refractivity contribution is 0.321. The number of anilines is 2. The molecule has 5 heteroatoms. The Balaban J connectivity index is 2.10. The van der Waals surface area contributed by atoms with Crippen LogP contribution in [0.5, 0.6) is 0 Å². The minimum atomic E-state index is 0.632. The van der Waals surface area contributed by atoms with Gasteiger partial charge in [-0.3, -0.25) is 0 Å². The predicted octanol–water partition coefficient (Wildman–Crippen LogP) is 1.42. The highest BCUT2D eigenvalue weighted by Crippen LogP contribution is 2.28. The van der Waals surface area contributed by atoms with Gasteiger partial charge in [0.1, 0.15) is 17.5 Å². The van der Waals surface area contributed by atoms with Crippen molar-refractivity contribution in [3.63, 3.8) is 0 Å². The Kier molecular flexibility index (Phi) is 4.58. The predicted molar refractivity (Wildman–Crippen MR) is 79.7 cm³/mol. The van der Waals surface area contributed by atoms with Crippen LogP contribution in [0.1, 0.15) is 25.1 Å². The average molecular weight is 263 g/mol. The van der Waals surface area contributed by atoms with E-state index in [4.69, 9.17) is 5.73 Å². The maximum Gasteiger partial charge on any atom is 0.134 e. The van der Waals surface area contributed by atoms with Gasteiger partial charge in [0.25, 0.3) is 0 Å². The van der Waals surface area contributed by atoms with Crippen molar-refractivity contribution in [2.24, 2.45) is 11.7 Å². The van der Waals surface area contributed by atoms with Crippen molar-refractivity contribution in [1.29, 1.82) is 0 Å². The van der Waals surface area contributed by atoms with Crippen LogP contribution in [0.3, 0.4) is 0 Å². The Morgan fingerprint density at radius 1 is 1.21 bits per heavy atom. The van der Waals surface area contributed by atoms with E-state index in [0.29, 0.717) is 6.54 Å². The molecule has 0 amide bonds. The maximum atomic E-state index is 5.60. The van der Waals surface area contributed by atoms with Crippen LogP contribution in [-0.2, 0) is 0 Å². The molecule has 1 aromatic heterocycles. The minimum absolute atomic E-state index is 0.632. The van der Waals surface area contributed by atoms with Crippen molar-refractivity contribution in [2.75, 3.05) is 43.5 Å². The molecule has 2 rings (SSSR count). The van der Waals surface area contributed by atoms with E-state index in [-0.39, 0.29) is 0 Å². The first-order chi connectivity index (χ1) is 9.10. The van der Waals surface area contributed by atoms with E-state index >= 15 is 0 Å². The lowest BCUT2D eigenvalue weighted by Crippen LogP contribution is -2.31. The van der Waals surface area contributed by atoms with Gasteiger partial charge in [0.2, 0.25) is 0 Å². The fourth-order valence-electron chi connectivity index (χ4n) is 2.39. The van der Waals surface area contributed by atoms with Crippen molar-refractivity contribution < 1.29 is 0 Å². The summed E-state index contributed by atoms with van der Waals surface area (Å²) in [4.78, 5) is 13.4. The fourth-order valence-corrected chi connectivity index (χ4v) is 2.39. The van der Waals surface area contributed by atoms with Gasteiger partial charge in [0, 0.05) is 39.8 Å². The number of hydrogen-bond acceptors (Lipinski definition) is 5. The summed E-state index contributed by atoms with van der Waals surface area (Å²) in [6.07, 6.45) is 4.09. The largest absolute Gasteiger partial charge is 0.359 e. The highest BCUT2D eigenvalue weighted by molar-refractivity contribution is 5.50. The van der Waals surface area contributed by atoms with Crippen LogP contribution in [0, 0.1) is 12.8 Å². The molecule has 1 aliphatic rings. The van der Waals surface area contributed by atoms with Gasteiger partial charge in [-0.25, -0.2) is 9.97 Å². The van der Waals surface area contributed by atoms with E-state index < -0.39 is 0 Å². The molecule has 0 atom stereocenters. The summed E-state index contributed by atoms with van der Waals surface area (Å²) in [5, 5.41) is 0. The molecule has 0 aliphatic heterocycles. The van der Waals surface area contributed by atoms with E-state index in [1.807, 2.05) is 14.0 Å². The Bertz CT molecular complexity index is 416. The molecular formula is C14H25N5. The van der Waals surface area contributed by atoms with Gasteiger partial charge in [0.15, 0.2) is 0 Å². The highest BCUT2D eigenvalue weighted by Gasteiger charge is 2.20. The van der Waals surface area contributed by atoms with Crippen molar-refractivity contribution >= 4 is 11.6 Å². The number of nitrogens with zero attached hydrogens (tertiary/aromatic N) is 4. The molecule has 106 valence electrons. The van der Waals surface area contributed by atoms with Crippen molar-refractivity contribution in [1.82, 2.24) is 9.97 Å². The second-order valence-corrected chi connectivity index (χ2v) is 5.52. The quantitative estimate of drug-likeness (QED) is 0.841. The molecule has 1 aliphatic carbocycles. The van der Waals surface area contributed by atoms with Crippen LogP contribution in [-0.4, -0.2) is 43.7 Å². The first kappa shape index (κ1) is 14.1. The van der Waals surface area contributed by atoms with E-state index in [2.05, 4.69) is 32.9 Å². The van der Waals surface area contributed by atoms with Gasteiger partial charge in [-0.05, 0) is 25.7 Å². The average Bonchev–Trinajstić information content (AvgIpc) is 2.33. The number of likely N-dealkylation sites (N-methyl/N-ethyl adjacent to an activating group) is 1. The summed E-state index contributed by atoms with van der Waals surface area (Å²) in [5.41, 5.74) is 5.60. The highest BCUT2D eigenvalue weighted by atomic mass is 15.2. The van der Waals surface area contributed by atoms with E-state index in [0.717, 1.165) is 36.5 Å². The molecule has 1 heterocycles. The van der Waals surface area contributed by atoms with Crippen molar-refractivity contribution in [2.45, 2.75) is 26.2 Å². The zero-order chi connectivity index (χ0) is 13.8. The van der Waals surface area contributed by atoms with E-state index in [1.54, 1.807) is 0 Å². The molecule has 0 unspecified atom stereocenters. The van der Waals surface area contributed by atoms with Gasteiger partial charge in [-0.2, -0.15) is 0 Å². The number of aryl methyl sites for hydroxylation is 1. The van der Waals surface area contributed by atoms with Crippen LogP contribution >= 0.6 is 0 Å². The molecule has 0 bridgehead atoms. The van der Waals surface area contributed by atoms with Crippen LogP contribution in [0.15, 0.2) is 6.07 Å². The van der Waals surface area contributed by atoms with Gasteiger partial charge >= 0.3 is 0 Å². The lowest BCUT2D eigenvalue weighted by atomic mass is 9.85. The zero-order valence-corrected chi connectivity index (χ0v) is 12.3. The van der Waals surface area contributed by atoms with Crippen LogP contribution in [0.25, 0.3) is 0 Å². The van der Waals surface area contributed by atoms with Crippen LogP contribution in [0.2, 0.25) is 0 Å². The standard InChI is InChI=1S/C14H25N5/c1-11-16-13(18(2)8-7-15)9-14(17-11)19(3)10-12-5-4-6-12/h9,12H,4-8,10,15H2,1-3H3. The Labute approximate surface area is 115 Å². The lowest BCUT2D eigenvalue weighted by Gasteiger charge is -2.31. The van der Waals surface area contributed by atoms with Crippen molar-refractivity contribution in [3.05, 3.63) is 11.9 Å². The molecular weight excluding hydrogens is 238 g/mol. The first-order valence-corrected chi connectivity index (χ1v) is 7.08. The SMILES string of the molecule is Cc1nc(N(C)CCN)cc(N(C)CC2CCC2)n1. The first-order valence-electron chi connectivity index (χ1n) is 7.08. The summed E-state index contributed by atoms with van der Waals surface area (Å²) < 4.78 is 0. The molecule has 2 N–H and O–H groups in total. The third-order valence-corrected chi connectivity index (χ3v) is 3.81. The summed E-state index contributed by atoms with van der Waals surface area (Å²) in [6.45, 7) is 4.48. The fraction of sp³-hybridized carbons (Fsp3) is 0.714. The van der Waals surface area contributed by atoms with Crippen LogP contribution in [0.4, 0.5) is 11.6 Å². The molecule has 19 heavy (non-hydrogen) atoms. The van der Waals surface area contributed by atoms with Crippen LogP contribution < -0.4 is 15.5 Å². The minimum Gasteiger partial charge on any atom is -0.359 e. The molecule has 1 saturated carbocycles. The topological polar surface area (TPSA) is 58.3 Å². The molecule has 1 aromatic rings. The number of rotatable bonds is 6.